The molecule has 1 fully saturated rings. The van der Waals surface area contributed by atoms with Crippen molar-refractivity contribution in [2.75, 3.05) is 33.3 Å². The number of carbonyl (C=O) groups is 2. The number of ether oxygens (including phenoxy) is 1. The summed E-state index contributed by atoms with van der Waals surface area (Å²) in [6.07, 6.45) is 3.09. The van der Waals surface area contributed by atoms with Crippen LogP contribution in [-0.2, 0) is 22.4 Å². The summed E-state index contributed by atoms with van der Waals surface area (Å²) in [7, 11) is 1.84. The summed E-state index contributed by atoms with van der Waals surface area (Å²) in [5.41, 5.74) is 5.10. The standard InChI is InChI=1S/C34H37Cl2N3O3/c1-23(40)39-21-27-20-28(25-15-13-24(14-16-25)8-7-19-42-32-12-6-5-11-30(32)36)33(31(22-39)37-27)34(41)38(2)18-17-26-9-3-4-10-29(26)35/h3-6,9-16,27,31,37H,7-8,17-22H2,1-2H3/t27-,31-/m1/s1. The Kier molecular flexibility index (Phi) is 9.88. The first-order chi connectivity index (χ1) is 20.3. The third kappa shape index (κ3) is 7.17. The molecule has 0 aliphatic carbocycles. The Hall–Kier alpha value is -3.32. The van der Waals surface area contributed by atoms with Crippen LogP contribution in [0.15, 0.2) is 78.4 Å². The van der Waals surface area contributed by atoms with E-state index in [1.54, 1.807) is 11.8 Å². The first-order valence-corrected chi connectivity index (χ1v) is 15.3. The molecular formula is C34H37Cl2N3O3. The van der Waals surface area contributed by atoms with Crippen molar-refractivity contribution in [1.29, 1.82) is 0 Å². The summed E-state index contributed by atoms with van der Waals surface area (Å²) in [4.78, 5) is 29.9. The Morgan fingerprint density at radius 1 is 0.952 bits per heavy atom. The van der Waals surface area contributed by atoms with Crippen LogP contribution in [0, 0.1) is 0 Å². The van der Waals surface area contributed by atoms with E-state index in [0.717, 1.165) is 35.1 Å². The first-order valence-electron chi connectivity index (χ1n) is 14.5. The van der Waals surface area contributed by atoms with Crippen LogP contribution in [-0.4, -0.2) is 67.0 Å². The van der Waals surface area contributed by atoms with Crippen molar-refractivity contribution in [2.45, 2.75) is 44.7 Å². The van der Waals surface area contributed by atoms with Gasteiger partial charge < -0.3 is 19.9 Å². The van der Waals surface area contributed by atoms with Crippen LogP contribution in [0.2, 0.25) is 10.0 Å². The maximum Gasteiger partial charge on any atom is 0.251 e. The third-order valence-corrected chi connectivity index (χ3v) is 8.79. The molecule has 0 radical (unpaired) electrons. The van der Waals surface area contributed by atoms with E-state index in [1.165, 1.54) is 5.56 Å². The summed E-state index contributed by atoms with van der Waals surface area (Å²) >= 11 is 12.6. The van der Waals surface area contributed by atoms with Gasteiger partial charge in [0, 0.05) is 50.2 Å². The number of likely N-dealkylation sites (N-methyl/N-ethyl adjacent to an activating group) is 1. The molecule has 1 saturated heterocycles. The van der Waals surface area contributed by atoms with Gasteiger partial charge in [0.05, 0.1) is 17.7 Å². The molecule has 2 aliphatic heterocycles. The van der Waals surface area contributed by atoms with E-state index < -0.39 is 0 Å². The highest BCUT2D eigenvalue weighted by Gasteiger charge is 2.39. The van der Waals surface area contributed by atoms with Gasteiger partial charge in [-0.1, -0.05) is 77.8 Å². The lowest BCUT2D eigenvalue weighted by Crippen LogP contribution is -2.61. The minimum Gasteiger partial charge on any atom is -0.492 e. The van der Waals surface area contributed by atoms with Gasteiger partial charge in [-0.2, -0.15) is 0 Å². The number of halogens is 2. The summed E-state index contributed by atoms with van der Waals surface area (Å²) in [6.45, 7) is 3.85. The molecule has 220 valence electrons. The second kappa shape index (κ2) is 13.8. The second-order valence-corrected chi connectivity index (χ2v) is 11.9. The molecule has 2 atom stereocenters. The van der Waals surface area contributed by atoms with Crippen molar-refractivity contribution in [3.63, 3.8) is 0 Å². The monoisotopic (exact) mass is 605 g/mol. The zero-order chi connectivity index (χ0) is 29.6. The number of hydrogen-bond acceptors (Lipinski definition) is 4. The Morgan fingerprint density at radius 2 is 1.67 bits per heavy atom. The number of rotatable bonds is 10. The average molecular weight is 607 g/mol. The predicted molar refractivity (Wildman–Crippen MR) is 169 cm³/mol. The molecule has 2 bridgehead atoms. The van der Waals surface area contributed by atoms with Gasteiger partial charge in [-0.3, -0.25) is 9.59 Å². The van der Waals surface area contributed by atoms with Gasteiger partial charge in [0.1, 0.15) is 5.75 Å². The summed E-state index contributed by atoms with van der Waals surface area (Å²) in [5, 5.41) is 4.95. The Balaban J connectivity index is 1.32. The molecule has 0 saturated carbocycles. The average Bonchev–Trinajstić information content (AvgIpc) is 2.99. The Labute approximate surface area is 258 Å². The molecule has 8 heteroatoms. The van der Waals surface area contributed by atoms with Gasteiger partial charge in [0.15, 0.2) is 0 Å². The summed E-state index contributed by atoms with van der Waals surface area (Å²) in [5.74, 6) is 0.728. The van der Waals surface area contributed by atoms with E-state index in [1.807, 2.05) is 60.5 Å². The fourth-order valence-corrected chi connectivity index (χ4v) is 6.23. The van der Waals surface area contributed by atoms with Crippen LogP contribution >= 0.6 is 23.2 Å². The topological polar surface area (TPSA) is 61.9 Å². The maximum atomic E-state index is 14.0. The van der Waals surface area contributed by atoms with Crippen molar-refractivity contribution in [2.24, 2.45) is 0 Å². The van der Waals surface area contributed by atoms with E-state index in [0.29, 0.717) is 54.9 Å². The van der Waals surface area contributed by atoms with Crippen molar-refractivity contribution >= 4 is 40.6 Å². The van der Waals surface area contributed by atoms with E-state index in [9.17, 15) is 9.59 Å². The molecule has 3 aromatic rings. The van der Waals surface area contributed by atoms with Gasteiger partial charge in [-0.15, -0.1) is 0 Å². The normalized spacial score (nSPS) is 18.1. The van der Waals surface area contributed by atoms with Crippen LogP contribution in [0.25, 0.3) is 5.57 Å². The number of piperazine rings is 1. The largest absolute Gasteiger partial charge is 0.492 e. The van der Waals surface area contributed by atoms with Crippen molar-refractivity contribution < 1.29 is 14.3 Å². The Morgan fingerprint density at radius 3 is 2.38 bits per heavy atom. The summed E-state index contributed by atoms with van der Waals surface area (Å²) in [6, 6.07) is 23.7. The zero-order valence-corrected chi connectivity index (χ0v) is 25.6. The van der Waals surface area contributed by atoms with Gasteiger partial charge >= 0.3 is 0 Å². The number of nitrogens with zero attached hydrogens (tertiary/aromatic N) is 2. The minimum absolute atomic E-state index is 0.0146. The van der Waals surface area contributed by atoms with Gasteiger partial charge in [-0.25, -0.2) is 0 Å². The molecule has 0 aromatic heterocycles. The van der Waals surface area contributed by atoms with Gasteiger partial charge in [0.25, 0.3) is 5.91 Å². The fourth-order valence-electron chi connectivity index (χ4n) is 5.81. The maximum absolute atomic E-state index is 14.0. The Bertz CT molecular complexity index is 1460. The zero-order valence-electron chi connectivity index (χ0n) is 24.1. The molecular weight excluding hydrogens is 569 g/mol. The number of amides is 2. The second-order valence-electron chi connectivity index (χ2n) is 11.1. The van der Waals surface area contributed by atoms with Crippen LogP contribution in [0.4, 0.5) is 0 Å². The predicted octanol–water partition coefficient (Wildman–Crippen LogP) is 6.05. The molecule has 42 heavy (non-hydrogen) atoms. The molecule has 0 unspecified atom stereocenters. The summed E-state index contributed by atoms with van der Waals surface area (Å²) < 4.78 is 5.84. The van der Waals surface area contributed by atoms with E-state index >= 15 is 0 Å². The van der Waals surface area contributed by atoms with Crippen LogP contribution < -0.4 is 10.1 Å². The number of para-hydroxylation sites is 1. The van der Waals surface area contributed by atoms with Crippen LogP contribution in [0.5, 0.6) is 5.75 Å². The highest BCUT2D eigenvalue weighted by molar-refractivity contribution is 6.32. The lowest BCUT2D eigenvalue weighted by atomic mass is 9.82. The minimum atomic E-state index is -0.215. The molecule has 0 spiro atoms. The first kappa shape index (κ1) is 30.1. The number of carbonyl (C=O) groups excluding carboxylic acids is 2. The molecule has 2 heterocycles. The van der Waals surface area contributed by atoms with E-state index in [4.69, 9.17) is 27.9 Å². The van der Waals surface area contributed by atoms with Crippen molar-refractivity contribution in [1.82, 2.24) is 15.1 Å². The van der Waals surface area contributed by atoms with Gasteiger partial charge in [-0.05, 0) is 66.1 Å². The van der Waals surface area contributed by atoms with E-state index in [2.05, 4.69) is 29.6 Å². The van der Waals surface area contributed by atoms with Crippen LogP contribution in [0.3, 0.4) is 0 Å². The molecule has 1 N–H and O–H groups in total. The number of benzene rings is 3. The fraction of sp³-hybridized carbons (Fsp3) is 0.353. The lowest BCUT2D eigenvalue weighted by Gasteiger charge is -2.44. The van der Waals surface area contributed by atoms with Crippen molar-refractivity contribution in [3.05, 3.63) is 105 Å². The quantitative estimate of drug-likeness (QED) is 0.286. The SMILES string of the molecule is CC(=O)N1C[C@H]2CC(c3ccc(CCCOc4ccccc4Cl)cc3)=C(C(=O)N(C)CCc3ccccc3Cl)[C@@H](C1)N2. The lowest BCUT2D eigenvalue weighted by molar-refractivity contribution is -0.132. The van der Waals surface area contributed by atoms with Crippen molar-refractivity contribution in [3.8, 4) is 5.75 Å². The molecule has 2 amide bonds. The highest BCUT2D eigenvalue weighted by Crippen LogP contribution is 2.34. The molecule has 6 nitrogen and oxygen atoms in total. The molecule has 2 aliphatic rings. The molecule has 3 aromatic carbocycles. The highest BCUT2D eigenvalue weighted by atomic mass is 35.5. The van der Waals surface area contributed by atoms with Gasteiger partial charge in [0.2, 0.25) is 5.91 Å². The number of nitrogens with one attached hydrogen (secondary N) is 1. The number of fused-ring (bicyclic) bond motifs is 2. The molecule has 5 rings (SSSR count). The van der Waals surface area contributed by atoms with E-state index in [-0.39, 0.29) is 23.9 Å². The number of aryl methyl sites for hydroxylation is 1. The van der Waals surface area contributed by atoms with Crippen LogP contribution in [0.1, 0.15) is 36.5 Å². The smallest absolute Gasteiger partial charge is 0.251 e. The third-order valence-electron chi connectivity index (χ3n) is 8.11. The number of hydrogen-bond donors (Lipinski definition) is 1.